The predicted molar refractivity (Wildman–Crippen MR) is 97.7 cm³/mol. The summed E-state index contributed by atoms with van der Waals surface area (Å²) in [6.45, 7) is 3.59. The number of halogens is 1. The number of pyridine rings is 1. The molecule has 132 valence electrons. The van der Waals surface area contributed by atoms with Crippen molar-refractivity contribution in [2.75, 3.05) is 19.7 Å². The van der Waals surface area contributed by atoms with Crippen molar-refractivity contribution in [3.05, 3.63) is 58.9 Å². The second kappa shape index (κ2) is 8.32. The number of primary amides is 1. The van der Waals surface area contributed by atoms with Gasteiger partial charge >= 0.3 is 0 Å². The summed E-state index contributed by atoms with van der Waals surface area (Å²) in [5.74, 6) is 0.605. The number of carbonyl (C=O) groups excluding carboxylic acids is 1. The first-order valence-electron chi connectivity index (χ1n) is 8.46. The van der Waals surface area contributed by atoms with E-state index < -0.39 is 5.91 Å². The molecule has 2 heterocycles. The fraction of sp³-hybridized carbons (Fsp3) is 0.368. The second-order valence-electron chi connectivity index (χ2n) is 6.36. The quantitative estimate of drug-likeness (QED) is 0.860. The van der Waals surface area contributed by atoms with Crippen molar-refractivity contribution in [2.24, 2.45) is 11.7 Å². The maximum absolute atomic E-state index is 11.2. The van der Waals surface area contributed by atoms with Gasteiger partial charge in [0.25, 0.3) is 5.91 Å². The minimum absolute atomic E-state index is 0.229. The van der Waals surface area contributed by atoms with Gasteiger partial charge in [-0.15, -0.1) is 0 Å². The van der Waals surface area contributed by atoms with E-state index >= 15 is 0 Å². The number of carbonyl (C=O) groups is 1. The highest BCUT2D eigenvalue weighted by Crippen LogP contribution is 2.23. The van der Waals surface area contributed by atoms with Gasteiger partial charge in [0.2, 0.25) is 0 Å². The molecule has 1 amide bonds. The molecule has 0 unspecified atom stereocenters. The summed E-state index contributed by atoms with van der Waals surface area (Å²) in [7, 11) is 0. The lowest BCUT2D eigenvalue weighted by molar-refractivity contribution is 0.0994. The Bertz CT molecular complexity index is 730. The number of rotatable bonds is 6. The number of hydrogen-bond donors (Lipinski definition) is 1. The molecule has 0 aliphatic carbocycles. The maximum Gasteiger partial charge on any atom is 0.267 e. The third-order valence-corrected chi connectivity index (χ3v) is 4.90. The zero-order valence-corrected chi connectivity index (χ0v) is 14.8. The number of aromatic nitrogens is 1. The molecular formula is C19H22ClN3O2. The first-order chi connectivity index (χ1) is 12.1. The monoisotopic (exact) mass is 359 g/mol. The summed E-state index contributed by atoms with van der Waals surface area (Å²) in [5.41, 5.74) is 6.64. The van der Waals surface area contributed by atoms with Gasteiger partial charge in [0, 0.05) is 23.8 Å². The minimum atomic E-state index is -0.543. The smallest absolute Gasteiger partial charge is 0.267 e. The van der Waals surface area contributed by atoms with Crippen molar-refractivity contribution < 1.29 is 9.53 Å². The molecular weight excluding hydrogens is 338 g/mol. The Morgan fingerprint density at radius 1 is 1.28 bits per heavy atom. The summed E-state index contributed by atoms with van der Waals surface area (Å²) in [6.07, 6.45) is 3.71. The summed E-state index contributed by atoms with van der Waals surface area (Å²) in [6, 6.07) is 11.3. The summed E-state index contributed by atoms with van der Waals surface area (Å²) < 4.78 is 5.82. The number of piperidine rings is 1. The van der Waals surface area contributed by atoms with E-state index in [0.717, 1.165) is 37.5 Å². The summed E-state index contributed by atoms with van der Waals surface area (Å²) in [4.78, 5) is 17.5. The molecule has 5 nitrogen and oxygen atoms in total. The Kier molecular flexibility index (Phi) is 5.89. The molecule has 1 aliphatic rings. The molecule has 3 rings (SSSR count). The van der Waals surface area contributed by atoms with Crippen LogP contribution in [0.15, 0.2) is 42.6 Å². The van der Waals surface area contributed by atoms with Crippen molar-refractivity contribution in [1.82, 2.24) is 9.88 Å². The molecule has 1 aliphatic heterocycles. The number of ether oxygens (including phenoxy) is 1. The molecule has 0 atom stereocenters. The molecule has 1 fully saturated rings. The Labute approximate surface area is 152 Å². The molecule has 0 spiro atoms. The van der Waals surface area contributed by atoms with Crippen LogP contribution >= 0.6 is 11.6 Å². The van der Waals surface area contributed by atoms with Gasteiger partial charge in [-0.3, -0.25) is 14.7 Å². The zero-order chi connectivity index (χ0) is 17.6. The zero-order valence-electron chi connectivity index (χ0n) is 14.0. The van der Waals surface area contributed by atoms with E-state index in [2.05, 4.69) is 16.0 Å². The van der Waals surface area contributed by atoms with Gasteiger partial charge in [-0.05, 0) is 49.5 Å². The van der Waals surface area contributed by atoms with Crippen molar-refractivity contribution in [2.45, 2.75) is 19.4 Å². The Morgan fingerprint density at radius 3 is 2.76 bits per heavy atom. The van der Waals surface area contributed by atoms with Crippen LogP contribution in [0.4, 0.5) is 0 Å². The number of nitrogens with zero attached hydrogens (tertiary/aromatic N) is 2. The molecule has 0 bridgehead atoms. The van der Waals surface area contributed by atoms with Gasteiger partial charge in [0.1, 0.15) is 11.4 Å². The van der Waals surface area contributed by atoms with Gasteiger partial charge in [0.15, 0.2) is 0 Å². The lowest BCUT2D eigenvalue weighted by Gasteiger charge is -2.32. The molecule has 2 N–H and O–H groups in total. The minimum Gasteiger partial charge on any atom is -0.493 e. The average molecular weight is 360 g/mol. The van der Waals surface area contributed by atoms with E-state index in [-0.39, 0.29) is 5.69 Å². The molecule has 1 aromatic carbocycles. The number of amides is 1. The third kappa shape index (κ3) is 4.94. The Balaban J connectivity index is 1.46. The van der Waals surface area contributed by atoms with Gasteiger partial charge < -0.3 is 10.5 Å². The normalized spacial score (nSPS) is 15.9. The van der Waals surface area contributed by atoms with Crippen LogP contribution in [0.5, 0.6) is 5.75 Å². The third-order valence-electron chi connectivity index (χ3n) is 4.53. The highest BCUT2D eigenvalue weighted by atomic mass is 35.5. The first kappa shape index (κ1) is 17.7. The van der Waals surface area contributed by atoms with E-state index in [4.69, 9.17) is 22.1 Å². The van der Waals surface area contributed by atoms with E-state index in [1.807, 2.05) is 18.2 Å². The van der Waals surface area contributed by atoms with Gasteiger partial charge in [-0.2, -0.15) is 0 Å². The lowest BCUT2D eigenvalue weighted by atomic mass is 9.97. The molecule has 0 radical (unpaired) electrons. The van der Waals surface area contributed by atoms with Crippen molar-refractivity contribution in [1.29, 1.82) is 0 Å². The number of hydrogen-bond acceptors (Lipinski definition) is 4. The van der Waals surface area contributed by atoms with Crippen LogP contribution in [0.25, 0.3) is 0 Å². The predicted octanol–water partition coefficient (Wildman–Crippen LogP) is 3.12. The van der Waals surface area contributed by atoms with Crippen LogP contribution in [0.2, 0.25) is 5.02 Å². The summed E-state index contributed by atoms with van der Waals surface area (Å²) in [5, 5.41) is 0.830. The largest absolute Gasteiger partial charge is 0.493 e. The maximum atomic E-state index is 11.2. The van der Waals surface area contributed by atoms with Gasteiger partial charge in [-0.1, -0.05) is 29.8 Å². The second-order valence-corrected chi connectivity index (χ2v) is 6.77. The van der Waals surface area contributed by atoms with E-state index in [1.54, 1.807) is 18.3 Å². The fourth-order valence-corrected chi connectivity index (χ4v) is 3.22. The lowest BCUT2D eigenvalue weighted by Crippen LogP contribution is -2.35. The van der Waals surface area contributed by atoms with Crippen LogP contribution in [0.3, 0.4) is 0 Å². The number of likely N-dealkylation sites (tertiary alicyclic amines) is 1. The van der Waals surface area contributed by atoms with Crippen molar-refractivity contribution in [3.63, 3.8) is 0 Å². The summed E-state index contributed by atoms with van der Waals surface area (Å²) >= 11 is 6.24. The Hall–Kier alpha value is -2.11. The standard InChI is InChI=1S/C19H22ClN3O2/c20-17-4-2-1-3-15(17)12-23-9-6-14(7-10-23)13-25-16-5-8-22-18(11-16)19(21)24/h1-5,8,11,14H,6-7,9-10,12-13H2,(H2,21,24). The van der Waals surface area contributed by atoms with Gasteiger partial charge in [-0.25, -0.2) is 0 Å². The van der Waals surface area contributed by atoms with Crippen LogP contribution in [0.1, 0.15) is 28.9 Å². The van der Waals surface area contributed by atoms with E-state index in [0.29, 0.717) is 18.3 Å². The SMILES string of the molecule is NC(=O)c1cc(OCC2CCN(Cc3ccccc3Cl)CC2)ccn1. The molecule has 0 saturated carbocycles. The van der Waals surface area contributed by atoms with Crippen LogP contribution in [-0.2, 0) is 6.54 Å². The van der Waals surface area contributed by atoms with E-state index in [1.165, 1.54) is 5.56 Å². The molecule has 25 heavy (non-hydrogen) atoms. The van der Waals surface area contributed by atoms with Crippen LogP contribution < -0.4 is 10.5 Å². The van der Waals surface area contributed by atoms with Crippen LogP contribution in [0, 0.1) is 5.92 Å². The molecule has 6 heteroatoms. The van der Waals surface area contributed by atoms with Crippen molar-refractivity contribution in [3.8, 4) is 5.75 Å². The van der Waals surface area contributed by atoms with E-state index in [9.17, 15) is 4.79 Å². The highest BCUT2D eigenvalue weighted by molar-refractivity contribution is 6.31. The Morgan fingerprint density at radius 2 is 2.04 bits per heavy atom. The fourth-order valence-electron chi connectivity index (χ4n) is 3.03. The number of nitrogens with two attached hydrogens (primary N) is 1. The average Bonchev–Trinajstić information content (AvgIpc) is 2.63. The number of benzene rings is 1. The molecule has 1 saturated heterocycles. The van der Waals surface area contributed by atoms with Crippen LogP contribution in [-0.4, -0.2) is 35.5 Å². The van der Waals surface area contributed by atoms with Crippen molar-refractivity contribution >= 4 is 17.5 Å². The topological polar surface area (TPSA) is 68.5 Å². The van der Waals surface area contributed by atoms with Gasteiger partial charge in [0.05, 0.1) is 6.61 Å². The molecule has 2 aromatic rings. The highest BCUT2D eigenvalue weighted by Gasteiger charge is 2.20. The first-order valence-corrected chi connectivity index (χ1v) is 8.84. The molecule has 1 aromatic heterocycles.